The average Bonchev–Trinajstić information content (AvgIpc) is 3.20. The van der Waals surface area contributed by atoms with Gasteiger partial charge >= 0.3 is 0 Å². The van der Waals surface area contributed by atoms with Crippen LogP contribution in [-0.2, 0) is 21.7 Å². The number of rotatable bonds is 8. The third-order valence-corrected chi connectivity index (χ3v) is 10.4. The Kier molecular flexibility index (Phi) is 13.9. The molecule has 2 nitrogen and oxygen atoms in total. The lowest BCUT2D eigenvalue weighted by Gasteiger charge is -2.44. The highest BCUT2D eigenvalue weighted by Crippen LogP contribution is 2.31. The van der Waals surface area contributed by atoms with Crippen LogP contribution in [0.5, 0.6) is 0 Å². The zero-order chi connectivity index (χ0) is 45.8. The first kappa shape index (κ1) is 47.6. The predicted octanol–water partition coefficient (Wildman–Crippen LogP) is 7.33. The molecule has 0 aliphatic heterocycles. The van der Waals surface area contributed by atoms with Gasteiger partial charge in [-0.2, -0.15) is 0 Å². The van der Waals surface area contributed by atoms with Crippen LogP contribution >= 0.6 is 0 Å². The van der Waals surface area contributed by atoms with Crippen LogP contribution in [0.25, 0.3) is 0 Å². The van der Waals surface area contributed by atoms with Crippen molar-refractivity contribution in [2.75, 3.05) is 24.5 Å². The molecular formula is C35H15BF20O2S2. The molecule has 0 fully saturated rings. The summed E-state index contributed by atoms with van der Waals surface area (Å²) in [6.07, 6.45) is -1.55. The van der Waals surface area contributed by atoms with Gasteiger partial charge in [0.05, 0.1) is 23.3 Å². The molecule has 5 aromatic rings. The largest absolute Gasteiger partial charge is 0.289 e. The molecule has 0 radical (unpaired) electrons. The minimum Gasteiger partial charge on any atom is -0.289 e. The van der Waals surface area contributed by atoms with E-state index in [2.05, 4.69) is 0 Å². The summed E-state index contributed by atoms with van der Waals surface area (Å²) in [6.45, 7) is 0. The Labute approximate surface area is 327 Å². The second kappa shape index (κ2) is 17.5. The molecular weight excluding hydrogens is 907 g/mol. The topological polar surface area (TPSA) is 34.1 Å². The highest BCUT2D eigenvalue weighted by atomic mass is 32.2. The van der Waals surface area contributed by atoms with E-state index in [-0.39, 0.29) is 16.7 Å². The van der Waals surface area contributed by atoms with E-state index in [0.717, 1.165) is 0 Å². The first-order valence-electron chi connectivity index (χ1n) is 15.5. The Morgan fingerprint density at radius 1 is 0.433 bits per heavy atom. The summed E-state index contributed by atoms with van der Waals surface area (Å²) in [5, 5.41) is 0. The number of halogens is 20. The number of hydrogen-bond acceptors (Lipinski definition) is 2. The molecule has 0 spiro atoms. The van der Waals surface area contributed by atoms with Crippen LogP contribution in [0.15, 0.2) is 29.2 Å². The highest BCUT2D eigenvalue weighted by Gasteiger charge is 2.52. The van der Waals surface area contributed by atoms with Crippen molar-refractivity contribution in [3.05, 3.63) is 146 Å². The normalized spacial score (nSPS) is 12.2. The molecule has 1 unspecified atom stereocenters. The zero-order valence-electron chi connectivity index (χ0n) is 29.3. The van der Waals surface area contributed by atoms with Crippen molar-refractivity contribution in [1.82, 2.24) is 0 Å². The molecule has 0 heterocycles. The third kappa shape index (κ3) is 7.50. The van der Waals surface area contributed by atoms with Gasteiger partial charge in [-0.1, -0.05) is 12.1 Å². The summed E-state index contributed by atoms with van der Waals surface area (Å²) < 4.78 is 305. The predicted molar refractivity (Wildman–Crippen MR) is 176 cm³/mol. The average molecular weight is 922 g/mol. The second-order valence-corrected chi connectivity index (χ2v) is 15.9. The molecule has 0 saturated heterocycles. The van der Waals surface area contributed by atoms with Crippen molar-refractivity contribution in [3.8, 4) is 0 Å². The monoisotopic (exact) mass is 922 g/mol. The van der Waals surface area contributed by atoms with Crippen molar-refractivity contribution in [3.63, 3.8) is 0 Å². The van der Waals surface area contributed by atoms with Crippen LogP contribution in [0.1, 0.15) is 10.4 Å². The number of carbonyl (C=O) groups excluding carboxylic acids is 1. The van der Waals surface area contributed by atoms with Gasteiger partial charge < -0.3 is 0 Å². The van der Waals surface area contributed by atoms with E-state index in [1.807, 2.05) is 24.6 Å². The Morgan fingerprint density at radius 3 is 0.867 bits per heavy atom. The number of Topliss-reactive ketones (excluding diaryl/α,β-unsaturated/α-hetero) is 1. The summed E-state index contributed by atoms with van der Waals surface area (Å²) >= 11 is 0. The van der Waals surface area contributed by atoms with Crippen LogP contribution in [-0.4, -0.2) is 40.7 Å². The SMILES string of the molecule is CS(=O)c1ccccc1C(=O)C[S+](C)C.Fc1c(F)c(F)c([B-](c2c(F)c(F)c(F)c(F)c2F)(c2c(F)c(F)c(F)c(F)c2F)c2c(F)c(F)c(F)c(F)c2F)c(F)c1F. The molecule has 322 valence electrons. The Bertz CT molecular complexity index is 2240. The van der Waals surface area contributed by atoms with Gasteiger partial charge in [0.1, 0.15) is 52.7 Å². The quantitative estimate of drug-likeness (QED) is 0.0409. The number of ketones is 1. The van der Waals surface area contributed by atoms with Crippen LogP contribution in [0.4, 0.5) is 87.8 Å². The smallest absolute Gasteiger partial charge is 0.213 e. The Hall–Kier alpha value is -5.07. The molecule has 25 heteroatoms. The second-order valence-electron chi connectivity index (χ2n) is 12.3. The molecule has 5 rings (SSSR count). The molecule has 60 heavy (non-hydrogen) atoms. The fraction of sp³-hybridized carbons (Fsp3) is 0.114. The Balaban J connectivity index is 0.000000445. The van der Waals surface area contributed by atoms with Gasteiger partial charge in [-0.25, -0.2) is 87.8 Å². The molecule has 0 amide bonds. The molecule has 0 saturated carbocycles. The maximum absolute atomic E-state index is 15.4. The fourth-order valence-electron chi connectivity index (χ4n) is 6.16. The van der Waals surface area contributed by atoms with Gasteiger partial charge in [0.25, 0.3) is 0 Å². The number of hydrogen-bond donors (Lipinski definition) is 0. The summed E-state index contributed by atoms with van der Waals surface area (Å²) in [5.41, 5.74) is -13.7. The summed E-state index contributed by atoms with van der Waals surface area (Å²) in [4.78, 5) is 12.5. The summed E-state index contributed by atoms with van der Waals surface area (Å²) in [6, 6.07) is 7.14. The van der Waals surface area contributed by atoms with E-state index in [1.54, 1.807) is 18.4 Å². The molecule has 0 aliphatic rings. The molecule has 1 atom stereocenters. The van der Waals surface area contributed by atoms with Crippen LogP contribution < -0.4 is 21.9 Å². The van der Waals surface area contributed by atoms with Crippen LogP contribution in [0.3, 0.4) is 0 Å². The lowest BCUT2D eigenvalue weighted by atomic mass is 9.12. The maximum atomic E-state index is 15.4. The van der Waals surface area contributed by atoms with Gasteiger partial charge in [0.2, 0.25) is 5.78 Å². The number of carbonyl (C=O) groups is 1. The molecule has 5 aromatic carbocycles. The first-order chi connectivity index (χ1) is 27.7. The standard InChI is InChI=1S/C24BF20.C11H15O2S2/c26-5-1(6(27)14(35)21(42)13(5)34)25(2-7(28)15(36)22(43)16(37)8(2)29,3-9(30)17(38)23(44)18(39)10(3)31)4-11(32)19(40)24(45)20(41)12(4)33;1-14(2)8-10(12)9-6-4-5-7-11(9)15(3)13/h;4-7H,8H2,1-3H3/q-1;+1. The fourth-order valence-corrected chi connectivity index (χ4v) is 7.60. The van der Waals surface area contributed by atoms with Crippen molar-refractivity contribution >= 4 is 55.5 Å². The van der Waals surface area contributed by atoms with Crippen molar-refractivity contribution in [1.29, 1.82) is 0 Å². The molecule has 0 bridgehead atoms. The van der Waals surface area contributed by atoms with E-state index in [9.17, 15) is 61.7 Å². The van der Waals surface area contributed by atoms with E-state index >= 15 is 35.1 Å². The number of benzene rings is 5. The van der Waals surface area contributed by atoms with Gasteiger partial charge in [0.15, 0.2) is 75.6 Å². The zero-order valence-corrected chi connectivity index (χ0v) is 30.9. The van der Waals surface area contributed by atoms with Crippen LogP contribution in [0, 0.1) is 116 Å². The Morgan fingerprint density at radius 2 is 0.650 bits per heavy atom. The molecule has 0 aromatic heterocycles. The van der Waals surface area contributed by atoms with Crippen molar-refractivity contribution < 1.29 is 96.8 Å². The van der Waals surface area contributed by atoms with E-state index in [0.29, 0.717) is 16.2 Å². The van der Waals surface area contributed by atoms with E-state index in [4.69, 9.17) is 0 Å². The first-order valence-corrected chi connectivity index (χ1v) is 19.2. The third-order valence-electron chi connectivity index (χ3n) is 8.62. The maximum Gasteiger partial charge on any atom is 0.213 e. The van der Waals surface area contributed by atoms with Gasteiger partial charge in [0, 0.05) is 16.7 Å². The molecule has 0 aliphatic carbocycles. The highest BCUT2D eigenvalue weighted by molar-refractivity contribution is 7.96. The van der Waals surface area contributed by atoms with Crippen LogP contribution in [0.2, 0.25) is 0 Å². The van der Waals surface area contributed by atoms with Gasteiger partial charge in [-0.05, 0) is 23.0 Å². The van der Waals surface area contributed by atoms with Crippen molar-refractivity contribution in [2.24, 2.45) is 0 Å². The van der Waals surface area contributed by atoms with E-state index in [1.165, 1.54) is 0 Å². The van der Waals surface area contributed by atoms with Crippen molar-refractivity contribution in [2.45, 2.75) is 4.90 Å². The minimum atomic E-state index is -7.22. The lowest BCUT2D eigenvalue weighted by Crippen LogP contribution is -2.81. The molecule has 0 N–H and O–H groups in total. The summed E-state index contributed by atoms with van der Waals surface area (Å²) in [5.74, 6) is -70.8. The lowest BCUT2D eigenvalue weighted by molar-refractivity contribution is 0.101. The van der Waals surface area contributed by atoms with E-state index < -0.39 is 155 Å². The van der Waals surface area contributed by atoms with Gasteiger partial charge in [-0.15, -0.1) is 21.9 Å². The minimum absolute atomic E-state index is 0.0839. The van der Waals surface area contributed by atoms with Gasteiger partial charge in [-0.3, -0.25) is 9.00 Å². The summed E-state index contributed by atoms with van der Waals surface area (Å²) in [7, 11) is -1.01.